The highest BCUT2D eigenvalue weighted by atomic mass is 16.5. The van der Waals surface area contributed by atoms with Crippen LogP contribution in [0.4, 0.5) is 0 Å². The quantitative estimate of drug-likeness (QED) is 0.789. The van der Waals surface area contributed by atoms with E-state index in [9.17, 15) is 0 Å². The third kappa shape index (κ3) is 4.75. The minimum Gasteiger partial charge on any atom is -0.497 e. The lowest BCUT2D eigenvalue weighted by Crippen LogP contribution is -2.29. The van der Waals surface area contributed by atoms with Gasteiger partial charge in [-0.3, -0.25) is 4.90 Å². The van der Waals surface area contributed by atoms with Crippen molar-refractivity contribution in [3.63, 3.8) is 0 Å². The topological polar surface area (TPSA) is 38.5 Å². The van der Waals surface area contributed by atoms with Crippen molar-refractivity contribution in [1.82, 2.24) is 4.90 Å². The molecule has 3 nitrogen and oxygen atoms in total. The van der Waals surface area contributed by atoms with Gasteiger partial charge < -0.3 is 10.5 Å². The van der Waals surface area contributed by atoms with Crippen LogP contribution in [0.25, 0.3) is 0 Å². The minimum absolute atomic E-state index is 0.560. The van der Waals surface area contributed by atoms with E-state index in [4.69, 9.17) is 10.5 Å². The molecule has 0 heterocycles. The summed E-state index contributed by atoms with van der Waals surface area (Å²) in [6.07, 6.45) is 2.24. The molecule has 1 atom stereocenters. The lowest BCUT2D eigenvalue weighted by atomic mass is 10.1. The Bertz CT molecular complexity index is 328. The number of hydrogen-bond acceptors (Lipinski definition) is 3. The van der Waals surface area contributed by atoms with Crippen LogP contribution >= 0.6 is 0 Å². The van der Waals surface area contributed by atoms with Crippen LogP contribution in [0.2, 0.25) is 0 Å². The van der Waals surface area contributed by atoms with Gasteiger partial charge in [-0.05, 0) is 51.1 Å². The Morgan fingerprint density at radius 1 is 1.41 bits per heavy atom. The molecule has 0 aliphatic heterocycles. The standard InChI is InChI=1S/C14H24N2O/c1-12(6-5-9-15)16(2)11-13-7-4-8-14(10-13)17-3/h4,7-8,10,12H,5-6,9,11,15H2,1-3H3. The van der Waals surface area contributed by atoms with Gasteiger partial charge in [0.25, 0.3) is 0 Å². The van der Waals surface area contributed by atoms with Crippen LogP contribution in [0.5, 0.6) is 5.75 Å². The van der Waals surface area contributed by atoms with Crippen molar-refractivity contribution < 1.29 is 4.74 Å². The fraction of sp³-hybridized carbons (Fsp3) is 0.571. The molecule has 0 fully saturated rings. The summed E-state index contributed by atoms with van der Waals surface area (Å²) in [4.78, 5) is 2.35. The van der Waals surface area contributed by atoms with E-state index in [-0.39, 0.29) is 0 Å². The first-order chi connectivity index (χ1) is 8.17. The van der Waals surface area contributed by atoms with E-state index in [0.29, 0.717) is 6.04 Å². The summed E-state index contributed by atoms with van der Waals surface area (Å²) in [5.41, 5.74) is 6.82. The van der Waals surface area contributed by atoms with Crippen LogP contribution in [0, 0.1) is 0 Å². The zero-order chi connectivity index (χ0) is 12.7. The molecule has 96 valence electrons. The molecule has 1 unspecified atom stereocenters. The largest absolute Gasteiger partial charge is 0.497 e. The van der Waals surface area contributed by atoms with Gasteiger partial charge in [-0.25, -0.2) is 0 Å². The summed E-state index contributed by atoms with van der Waals surface area (Å²) >= 11 is 0. The van der Waals surface area contributed by atoms with Crippen molar-refractivity contribution in [3.05, 3.63) is 29.8 Å². The Balaban J connectivity index is 2.51. The molecule has 1 rings (SSSR count). The van der Waals surface area contributed by atoms with E-state index >= 15 is 0 Å². The molecule has 0 aliphatic carbocycles. The molecule has 0 spiro atoms. The highest BCUT2D eigenvalue weighted by Crippen LogP contribution is 2.15. The average molecular weight is 236 g/mol. The Hall–Kier alpha value is -1.06. The molecule has 2 N–H and O–H groups in total. The molecular formula is C14H24N2O. The summed E-state index contributed by atoms with van der Waals surface area (Å²) in [7, 11) is 3.85. The monoisotopic (exact) mass is 236 g/mol. The van der Waals surface area contributed by atoms with E-state index in [0.717, 1.165) is 31.7 Å². The third-order valence-corrected chi connectivity index (χ3v) is 3.14. The lowest BCUT2D eigenvalue weighted by molar-refractivity contribution is 0.235. The van der Waals surface area contributed by atoms with Crippen LogP contribution in [0.1, 0.15) is 25.3 Å². The van der Waals surface area contributed by atoms with Crippen molar-refractivity contribution in [2.45, 2.75) is 32.4 Å². The van der Waals surface area contributed by atoms with Gasteiger partial charge >= 0.3 is 0 Å². The summed E-state index contributed by atoms with van der Waals surface area (Å²) in [6, 6.07) is 8.79. The van der Waals surface area contributed by atoms with E-state index < -0.39 is 0 Å². The van der Waals surface area contributed by atoms with Crippen LogP contribution in [0.3, 0.4) is 0 Å². The van der Waals surface area contributed by atoms with E-state index in [1.165, 1.54) is 5.56 Å². The first kappa shape index (κ1) is 14.0. The van der Waals surface area contributed by atoms with E-state index in [1.807, 2.05) is 12.1 Å². The number of rotatable bonds is 7. The molecule has 1 aromatic carbocycles. The number of benzene rings is 1. The zero-order valence-corrected chi connectivity index (χ0v) is 11.1. The van der Waals surface area contributed by atoms with Crippen molar-refractivity contribution in [2.75, 3.05) is 20.7 Å². The first-order valence-corrected chi connectivity index (χ1v) is 6.20. The highest BCUT2D eigenvalue weighted by Gasteiger charge is 2.09. The van der Waals surface area contributed by atoms with Crippen molar-refractivity contribution in [3.8, 4) is 5.75 Å². The second-order valence-electron chi connectivity index (χ2n) is 4.55. The zero-order valence-electron chi connectivity index (χ0n) is 11.1. The molecule has 0 radical (unpaired) electrons. The van der Waals surface area contributed by atoms with E-state index in [1.54, 1.807) is 7.11 Å². The maximum absolute atomic E-state index is 5.53. The Labute approximate surface area is 105 Å². The van der Waals surface area contributed by atoms with E-state index in [2.05, 4.69) is 31.0 Å². The SMILES string of the molecule is COc1cccc(CN(C)C(C)CCCN)c1. The Kier molecular flexibility index (Phi) is 6.01. The Morgan fingerprint density at radius 3 is 2.82 bits per heavy atom. The molecule has 0 aliphatic rings. The predicted octanol–water partition coefficient (Wildman–Crippen LogP) is 2.25. The van der Waals surface area contributed by atoms with Crippen molar-refractivity contribution in [1.29, 1.82) is 0 Å². The smallest absolute Gasteiger partial charge is 0.119 e. The molecule has 17 heavy (non-hydrogen) atoms. The lowest BCUT2D eigenvalue weighted by Gasteiger charge is -2.24. The number of methoxy groups -OCH3 is 1. The highest BCUT2D eigenvalue weighted by molar-refractivity contribution is 5.28. The molecule has 0 saturated carbocycles. The van der Waals surface area contributed by atoms with Crippen LogP contribution in [-0.2, 0) is 6.54 Å². The van der Waals surface area contributed by atoms with Gasteiger partial charge in [0.1, 0.15) is 5.75 Å². The molecule has 0 aromatic heterocycles. The normalized spacial score (nSPS) is 12.8. The molecular weight excluding hydrogens is 212 g/mol. The first-order valence-electron chi connectivity index (χ1n) is 6.20. The summed E-state index contributed by atoms with van der Waals surface area (Å²) in [6.45, 7) is 3.97. The van der Waals surface area contributed by atoms with Crippen LogP contribution in [-0.4, -0.2) is 31.6 Å². The van der Waals surface area contributed by atoms with Gasteiger partial charge in [0.05, 0.1) is 7.11 Å². The second-order valence-corrected chi connectivity index (χ2v) is 4.55. The molecule has 3 heteroatoms. The number of nitrogens with two attached hydrogens (primary N) is 1. The van der Waals surface area contributed by atoms with Crippen molar-refractivity contribution >= 4 is 0 Å². The average Bonchev–Trinajstić information content (AvgIpc) is 2.36. The van der Waals surface area contributed by atoms with Crippen LogP contribution in [0.15, 0.2) is 24.3 Å². The molecule has 0 bridgehead atoms. The summed E-state index contributed by atoms with van der Waals surface area (Å²) < 4.78 is 5.23. The van der Waals surface area contributed by atoms with Gasteiger partial charge in [0.2, 0.25) is 0 Å². The minimum atomic E-state index is 0.560. The molecule has 1 aromatic rings. The molecule has 0 amide bonds. The van der Waals surface area contributed by atoms with Gasteiger partial charge in [-0.2, -0.15) is 0 Å². The van der Waals surface area contributed by atoms with Gasteiger partial charge in [0.15, 0.2) is 0 Å². The number of hydrogen-bond donors (Lipinski definition) is 1. The Morgan fingerprint density at radius 2 is 2.18 bits per heavy atom. The second kappa shape index (κ2) is 7.30. The van der Waals surface area contributed by atoms with Gasteiger partial charge in [0, 0.05) is 12.6 Å². The number of ether oxygens (including phenoxy) is 1. The predicted molar refractivity (Wildman–Crippen MR) is 72.2 cm³/mol. The maximum atomic E-state index is 5.53. The van der Waals surface area contributed by atoms with Gasteiger partial charge in [-0.1, -0.05) is 12.1 Å². The van der Waals surface area contributed by atoms with Gasteiger partial charge in [-0.15, -0.1) is 0 Å². The van der Waals surface area contributed by atoms with Crippen LogP contribution < -0.4 is 10.5 Å². The maximum Gasteiger partial charge on any atom is 0.119 e. The number of nitrogens with zero attached hydrogens (tertiary/aromatic N) is 1. The molecule has 0 saturated heterocycles. The summed E-state index contributed by atoms with van der Waals surface area (Å²) in [5.74, 6) is 0.922. The fourth-order valence-electron chi connectivity index (χ4n) is 1.85. The third-order valence-electron chi connectivity index (χ3n) is 3.14. The fourth-order valence-corrected chi connectivity index (χ4v) is 1.85. The summed E-state index contributed by atoms with van der Waals surface area (Å²) in [5, 5.41) is 0. The van der Waals surface area contributed by atoms with Crippen molar-refractivity contribution in [2.24, 2.45) is 5.73 Å².